The molecule has 2 amide bonds. The number of benzene rings is 1. The molecular weight excluding hydrogens is 368 g/mol. The average Bonchev–Trinajstić information content (AvgIpc) is 2.60. The van der Waals surface area contributed by atoms with Crippen molar-refractivity contribution in [3.63, 3.8) is 0 Å². The summed E-state index contributed by atoms with van der Waals surface area (Å²) in [5, 5.41) is 14.7. The predicted octanol–water partition coefficient (Wildman–Crippen LogP) is 3.67. The van der Waals surface area contributed by atoms with E-state index in [1.165, 1.54) is 6.92 Å². The number of rotatable bonds is 3. The number of halogens is 1. The van der Waals surface area contributed by atoms with Crippen molar-refractivity contribution in [3.05, 3.63) is 42.1 Å². The molecule has 0 saturated heterocycles. The number of fused-ring (bicyclic) bond motifs is 1. The summed E-state index contributed by atoms with van der Waals surface area (Å²) in [5.41, 5.74) is 3.40. The van der Waals surface area contributed by atoms with Crippen LogP contribution in [0.1, 0.15) is 31.9 Å². The largest absolute Gasteiger partial charge is 0.465 e. The highest BCUT2D eigenvalue weighted by Gasteiger charge is 2.33. The van der Waals surface area contributed by atoms with Crippen molar-refractivity contribution in [2.45, 2.75) is 32.4 Å². The molecule has 0 saturated carbocycles. The molecular formula is C19H23ClN4O3. The van der Waals surface area contributed by atoms with E-state index in [4.69, 9.17) is 0 Å². The van der Waals surface area contributed by atoms with Crippen LogP contribution in [-0.4, -0.2) is 35.2 Å². The van der Waals surface area contributed by atoms with Gasteiger partial charge in [0.2, 0.25) is 5.91 Å². The van der Waals surface area contributed by atoms with Crippen LogP contribution in [-0.2, 0) is 4.79 Å². The fourth-order valence-corrected chi connectivity index (χ4v) is 3.52. The first-order chi connectivity index (χ1) is 12.4. The Bertz CT molecular complexity index is 841. The number of hydrogen-bond acceptors (Lipinski definition) is 4. The fourth-order valence-electron chi connectivity index (χ4n) is 3.52. The third kappa shape index (κ3) is 4.14. The van der Waals surface area contributed by atoms with Gasteiger partial charge in [0.05, 0.1) is 6.04 Å². The van der Waals surface area contributed by atoms with Gasteiger partial charge in [-0.3, -0.25) is 4.79 Å². The maximum absolute atomic E-state index is 12.1. The number of nitrogens with zero attached hydrogens (tertiary/aromatic N) is 2. The molecule has 2 heterocycles. The predicted molar refractivity (Wildman–Crippen MR) is 108 cm³/mol. The minimum atomic E-state index is -1.07. The smallest absolute Gasteiger partial charge is 0.405 e. The van der Waals surface area contributed by atoms with Gasteiger partial charge in [-0.15, -0.1) is 12.4 Å². The molecule has 3 rings (SSSR count). The molecule has 144 valence electrons. The number of amides is 2. The van der Waals surface area contributed by atoms with Crippen LogP contribution in [0.25, 0.3) is 11.1 Å². The van der Waals surface area contributed by atoms with E-state index in [2.05, 4.69) is 15.6 Å². The van der Waals surface area contributed by atoms with Crippen LogP contribution in [0, 0.1) is 0 Å². The molecule has 7 nitrogen and oxygen atoms in total. The van der Waals surface area contributed by atoms with Gasteiger partial charge in [0, 0.05) is 37.5 Å². The van der Waals surface area contributed by atoms with E-state index in [-0.39, 0.29) is 30.4 Å². The Hall–Kier alpha value is -2.80. The number of carbonyl (C=O) groups excluding carboxylic acids is 1. The van der Waals surface area contributed by atoms with Gasteiger partial charge in [-0.1, -0.05) is 6.07 Å². The summed E-state index contributed by atoms with van der Waals surface area (Å²) in [4.78, 5) is 29.4. The van der Waals surface area contributed by atoms with E-state index in [0.717, 1.165) is 28.2 Å². The number of hydrogen-bond donors (Lipinski definition) is 3. The number of aromatic nitrogens is 1. The first-order valence-electron chi connectivity index (χ1n) is 8.48. The van der Waals surface area contributed by atoms with E-state index in [9.17, 15) is 14.7 Å². The minimum Gasteiger partial charge on any atom is -0.465 e. The van der Waals surface area contributed by atoms with Gasteiger partial charge in [-0.05, 0) is 48.7 Å². The van der Waals surface area contributed by atoms with Gasteiger partial charge in [-0.25, -0.2) is 9.78 Å². The van der Waals surface area contributed by atoms with Gasteiger partial charge < -0.3 is 20.6 Å². The van der Waals surface area contributed by atoms with Gasteiger partial charge in [-0.2, -0.15) is 0 Å². The standard InChI is InChI=1S/C19H22N4O3.ClH/c1-11-8-16(22-19(25)26)15-9-13(4-6-17(15)23(11)12(2)24)14-5-7-18(20-3)21-10-14;/h4-7,9-11,16,22H,8H2,1-3H3,(H,20,21)(H,25,26);1H/t11-,16+;/m1./s1. The summed E-state index contributed by atoms with van der Waals surface area (Å²) in [6.07, 6.45) is 1.22. The Balaban J connectivity index is 0.00000261. The zero-order valence-corrected chi connectivity index (χ0v) is 16.2. The molecule has 0 bridgehead atoms. The molecule has 0 radical (unpaired) electrons. The summed E-state index contributed by atoms with van der Waals surface area (Å²) in [6, 6.07) is 9.13. The highest BCUT2D eigenvalue weighted by molar-refractivity contribution is 5.94. The van der Waals surface area contributed by atoms with E-state index in [0.29, 0.717) is 6.42 Å². The normalized spacial score (nSPS) is 18.1. The number of pyridine rings is 1. The third-order valence-corrected chi connectivity index (χ3v) is 4.67. The van der Waals surface area contributed by atoms with Crippen molar-refractivity contribution in [2.24, 2.45) is 0 Å². The second-order valence-corrected chi connectivity index (χ2v) is 6.43. The van der Waals surface area contributed by atoms with Crippen molar-refractivity contribution in [3.8, 4) is 11.1 Å². The quantitative estimate of drug-likeness (QED) is 0.743. The van der Waals surface area contributed by atoms with Crippen LogP contribution >= 0.6 is 12.4 Å². The van der Waals surface area contributed by atoms with E-state index < -0.39 is 6.09 Å². The van der Waals surface area contributed by atoms with Gasteiger partial charge in [0.15, 0.2) is 0 Å². The van der Waals surface area contributed by atoms with Gasteiger partial charge in [0.25, 0.3) is 0 Å². The van der Waals surface area contributed by atoms with Crippen LogP contribution in [0.4, 0.5) is 16.3 Å². The molecule has 2 atom stereocenters. The number of carbonyl (C=O) groups is 2. The first kappa shape index (κ1) is 20.5. The lowest BCUT2D eigenvalue weighted by atomic mass is 9.89. The second-order valence-electron chi connectivity index (χ2n) is 6.43. The first-order valence-corrected chi connectivity index (χ1v) is 8.48. The fraction of sp³-hybridized carbons (Fsp3) is 0.316. The zero-order valence-electron chi connectivity index (χ0n) is 15.4. The summed E-state index contributed by atoms with van der Waals surface area (Å²) in [6.45, 7) is 3.45. The lowest BCUT2D eigenvalue weighted by molar-refractivity contribution is -0.117. The van der Waals surface area contributed by atoms with E-state index in [1.807, 2.05) is 37.3 Å². The van der Waals surface area contributed by atoms with E-state index in [1.54, 1.807) is 18.1 Å². The molecule has 0 unspecified atom stereocenters. The lowest BCUT2D eigenvalue weighted by Crippen LogP contribution is -2.45. The Morgan fingerprint density at radius 1 is 1.22 bits per heavy atom. The monoisotopic (exact) mass is 390 g/mol. The molecule has 0 spiro atoms. The van der Waals surface area contributed by atoms with Crippen LogP contribution in [0.3, 0.4) is 0 Å². The zero-order chi connectivity index (χ0) is 18.8. The molecule has 1 aliphatic rings. The molecule has 1 aromatic heterocycles. The van der Waals surface area contributed by atoms with Crippen molar-refractivity contribution >= 4 is 35.9 Å². The van der Waals surface area contributed by atoms with Crippen LogP contribution in [0.15, 0.2) is 36.5 Å². The SMILES string of the molecule is CNc1ccc(-c2ccc3c(c2)[C@@H](NC(=O)O)C[C@@H](C)N3C(C)=O)cn1.Cl. The van der Waals surface area contributed by atoms with Crippen LogP contribution in [0.2, 0.25) is 0 Å². The van der Waals surface area contributed by atoms with Crippen molar-refractivity contribution in [2.75, 3.05) is 17.3 Å². The number of nitrogens with one attached hydrogen (secondary N) is 2. The van der Waals surface area contributed by atoms with Crippen LogP contribution in [0.5, 0.6) is 0 Å². The van der Waals surface area contributed by atoms with Crippen LogP contribution < -0.4 is 15.5 Å². The molecule has 0 fully saturated rings. The average molecular weight is 391 g/mol. The maximum Gasteiger partial charge on any atom is 0.405 e. The second kappa shape index (κ2) is 8.26. The highest BCUT2D eigenvalue weighted by Crippen LogP contribution is 2.39. The topological polar surface area (TPSA) is 94.6 Å². The van der Waals surface area contributed by atoms with Gasteiger partial charge in [0.1, 0.15) is 5.82 Å². The molecule has 1 aromatic carbocycles. The van der Waals surface area contributed by atoms with Crippen molar-refractivity contribution < 1.29 is 14.7 Å². The number of carboxylic acid groups (broad SMARTS) is 1. The highest BCUT2D eigenvalue weighted by atomic mass is 35.5. The number of anilines is 2. The molecule has 1 aliphatic heterocycles. The Labute approximate surface area is 164 Å². The lowest BCUT2D eigenvalue weighted by Gasteiger charge is -2.39. The summed E-state index contributed by atoms with van der Waals surface area (Å²) >= 11 is 0. The molecule has 27 heavy (non-hydrogen) atoms. The summed E-state index contributed by atoms with van der Waals surface area (Å²) in [7, 11) is 1.81. The molecule has 0 aliphatic carbocycles. The molecule has 3 N–H and O–H groups in total. The molecule has 2 aromatic rings. The molecule has 8 heteroatoms. The Morgan fingerprint density at radius 3 is 2.48 bits per heavy atom. The van der Waals surface area contributed by atoms with Gasteiger partial charge >= 0.3 is 6.09 Å². The van der Waals surface area contributed by atoms with Crippen molar-refractivity contribution in [1.29, 1.82) is 0 Å². The Kier molecular flexibility index (Phi) is 6.28. The summed E-state index contributed by atoms with van der Waals surface area (Å²) < 4.78 is 0. The minimum absolute atomic E-state index is 0. The Morgan fingerprint density at radius 2 is 1.93 bits per heavy atom. The summed E-state index contributed by atoms with van der Waals surface area (Å²) in [5.74, 6) is 0.717. The van der Waals surface area contributed by atoms with Crippen molar-refractivity contribution in [1.82, 2.24) is 10.3 Å². The maximum atomic E-state index is 12.1. The third-order valence-electron chi connectivity index (χ3n) is 4.67. The van der Waals surface area contributed by atoms with E-state index >= 15 is 0 Å².